The third kappa shape index (κ3) is 4.11. The van der Waals surface area contributed by atoms with Crippen molar-refractivity contribution in [3.63, 3.8) is 0 Å². The van der Waals surface area contributed by atoms with Crippen molar-refractivity contribution in [1.82, 2.24) is 9.78 Å². The molecule has 3 aromatic rings. The number of carboxylic acids is 1. The average molecular weight is 422 g/mol. The van der Waals surface area contributed by atoms with E-state index in [0.29, 0.717) is 23.6 Å². The molecule has 1 amide bonds. The van der Waals surface area contributed by atoms with Gasteiger partial charge >= 0.3 is 5.97 Å². The van der Waals surface area contributed by atoms with Crippen molar-refractivity contribution >= 4 is 23.4 Å². The maximum absolute atomic E-state index is 13.3. The number of allylic oxidation sites excluding steroid dienone is 1. The maximum atomic E-state index is 13.3. The molecule has 9 heteroatoms. The lowest BCUT2D eigenvalue weighted by molar-refractivity contribution is -0.132. The van der Waals surface area contributed by atoms with E-state index in [-0.39, 0.29) is 17.1 Å². The van der Waals surface area contributed by atoms with Crippen molar-refractivity contribution in [3.8, 4) is 5.75 Å². The molecule has 2 aromatic carbocycles. The quantitative estimate of drug-likeness (QED) is 0.560. The Labute approximate surface area is 177 Å². The first-order valence-corrected chi connectivity index (χ1v) is 9.55. The number of benzene rings is 2. The van der Waals surface area contributed by atoms with Crippen molar-refractivity contribution in [2.75, 3.05) is 17.2 Å². The van der Waals surface area contributed by atoms with Crippen LogP contribution in [0.2, 0.25) is 0 Å². The van der Waals surface area contributed by atoms with Gasteiger partial charge in [0.2, 0.25) is 0 Å². The molecular formula is C22H19FN4O4. The Bertz CT molecular complexity index is 1150. The Kier molecular flexibility index (Phi) is 5.40. The fourth-order valence-corrected chi connectivity index (χ4v) is 3.28. The Morgan fingerprint density at radius 2 is 1.90 bits per heavy atom. The zero-order valence-corrected chi connectivity index (χ0v) is 16.5. The number of halogens is 1. The number of nitrogens with one attached hydrogen (secondary N) is 2. The molecule has 0 unspecified atom stereocenters. The van der Waals surface area contributed by atoms with Gasteiger partial charge in [0.05, 0.1) is 18.8 Å². The zero-order chi connectivity index (χ0) is 22.0. The summed E-state index contributed by atoms with van der Waals surface area (Å²) in [7, 11) is 0. The largest absolute Gasteiger partial charge is 0.494 e. The van der Waals surface area contributed by atoms with Gasteiger partial charge in [-0.25, -0.2) is 13.9 Å². The molecule has 1 atom stereocenters. The molecule has 3 N–H and O–H groups in total. The summed E-state index contributed by atoms with van der Waals surface area (Å²) in [5.41, 5.74) is 1.25. The number of hydrogen-bond acceptors (Lipinski definition) is 5. The molecule has 1 aromatic heterocycles. The van der Waals surface area contributed by atoms with Crippen molar-refractivity contribution < 1.29 is 23.8 Å². The van der Waals surface area contributed by atoms with Gasteiger partial charge in [0.25, 0.3) is 5.91 Å². The standard InChI is InChI=1S/C22H19FN4O4/c1-2-31-16-9-7-15(8-10-16)25-21(28)17-12-24-27-19(13-3-5-14(23)6-4-13)11-18(22(29)30)26-20(17)27/h3-12,19,26H,2H2,1H3,(H,25,28)(H,29,30)/t19-/m0/s1. The number of rotatable bonds is 6. The number of carbonyl (C=O) groups is 2. The summed E-state index contributed by atoms with van der Waals surface area (Å²) in [5, 5.41) is 19.3. The van der Waals surface area contributed by atoms with Crippen molar-refractivity contribution in [2.45, 2.75) is 13.0 Å². The van der Waals surface area contributed by atoms with E-state index in [9.17, 15) is 19.1 Å². The number of anilines is 2. The third-order valence-corrected chi connectivity index (χ3v) is 4.75. The second kappa shape index (κ2) is 8.31. The van der Waals surface area contributed by atoms with Gasteiger partial charge in [0, 0.05) is 5.69 Å². The molecule has 1 aliphatic rings. The summed E-state index contributed by atoms with van der Waals surface area (Å²) in [6.45, 7) is 2.42. The van der Waals surface area contributed by atoms with E-state index in [1.165, 1.54) is 29.1 Å². The third-order valence-electron chi connectivity index (χ3n) is 4.75. The van der Waals surface area contributed by atoms with E-state index in [1.807, 2.05) is 6.92 Å². The minimum Gasteiger partial charge on any atom is -0.494 e. The molecule has 0 saturated heterocycles. The molecule has 1 aliphatic heterocycles. The van der Waals surface area contributed by atoms with Crippen molar-refractivity contribution in [3.05, 3.63) is 83.4 Å². The summed E-state index contributed by atoms with van der Waals surface area (Å²) >= 11 is 0. The summed E-state index contributed by atoms with van der Waals surface area (Å²) in [5.74, 6) is -1.13. The second-order valence-electron chi connectivity index (χ2n) is 6.77. The van der Waals surface area contributed by atoms with E-state index >= 15 is 0 Å². The molecule has 0 radical (unpaired) electrons. The number of hydrogen-bond donors (Lipinski definition) is 3. The molecule has 0 fully saturated rings. The smallest absolute Gasteiger partial charge is 0.352 e. The van der Waals surface area contributed by atoms with Gasteiger partial charge in [0.1, 0.15) is 28.6 Å². The number of fused-ring (bicyclic) bond motifs is 1. The number of ether oxygens (including phenoxy) is 1. The average Bonchev–Trinajstić information content (AvgIpc) is 3.19. The van der Waals surface area contributed by atoms with Crippen LogP contribution in [0.15, 0.2) is 66.5 Å². The molecule has 31 heavy (non-hydrogen) atoms. The fraction of sp³-hybridized carbons (Fsp3) is 0.136. The van der Waals surface area contributed by atoms with E-state index in [2.05, 4.69) is 15.7 Å². The fourth-order valence-electron chi connectivity index (χ4n) is 3.28. The van der Waals surface area contributed by atoms with E-state index in [1.54, 1.807) is 36.4 Å². The van der Waals surface area contributed by atoms with Crippen LogP contribution in [0.25, 0.3) is 0 Å². The first-order chi connectivity index (χ1) is 15.0. The van der Waals surface area contributed by atoms with E-state index in [0.717, 1.165) is 0 Å². The molecular weight excluding hydrogens is 403 g/mol. The van der Waals surface area contributed by atoms with Gasteiger partial charge in [0.15, 0.2) is 0 Å². The van der Waals surface area contributed by atoms with Crippen LogP contribution in [0.4, 0.5) is 15.9 Å². The maximum Gasteiger partial charge on any atom is 0.352 e. The number of nitrogens with zero attached hydrogens (tertiary/aromatic N) is 2. The van der Waals surface area contributed by atoms with Crippen LogP contribution in [0.1, 0.15) is 28.9 Å². The highest BCUT2D eigenvalue weighted by atomic mass is 19.1. The lowest BCUT2D eigenvalue weighted by Gasteiger charge is -2.24. The minimum absolute atomic E-state index is 0.0996. The van der Waals surface area contributed by atoms with Crippen LogP contribution < -0.4 is 15.4 Å². The SMILES string of the molecule is CCOc1ccc(NC(=O)c2cnn3c2NC(C(=O)O)=C[C@H]3c2ccc(F)cc2)cc1. The molecule has 0 aliphatic carbocycles. The van der Waals surface area contributed by atoms with E-state index in [4.69, 9.17) is 4.74 Å². The molecule has 2 heterocycles. The van der Waals surface area contributed by atoms with Gasteiger partial charge in [-0.2, -0.15) is 5.10 Å². The Morgan fingerprint density at radius 3 is 2.55 bits per heavy atom. The molecule has 158 valence electrons. The Morgan fingerprint density at radius 1 is 1.19 bits per heavy atom. The van der Waals surface area contributed by atoms with Gasteiger partial charge in [-0.3, -0.25) is 4.79 Å². The molecule has 0 saturated carbocycles. The number of carbonyl (C=O) groups excluding carboxylic acids is 1. The van der Waals surface area contributed by atoms with Crippen LogP contribution in [-0.2, 0) is 4.79 Å². The predicted molar refractivity (Wildman–Crippen MR) is 112 cm³/mol. The van der Waals surface area contributed by atoms with Gasteiger partial charge < -0.3 is 20.5 Å². The lowest BCUT2D eigenvalue weighted by atomic mass is 10.0. The van der Waals surface area contributed by atoms with Crippen LogP contribution in [0, 0.1) is 5.82 Å². The molecule has 0 bridgehead atoms. The Hall–Kier alpha value is -4.14. The normalized spacial score (nSPS) is 14.8. The summed E-state index contributed by atoms with van der Waals surface area (Å²) in [4.78, 5) is 24.5. The Balaban J connectivity index is 1.64. The number of amides is 1. The number of carboxylic acid groups (broad SMARTS) is 1. The van der Waals surface area contributed by atoms with Gasteiger partial charge in [-0.1, -0.05) is 12.1 Å². The van der Waals surface area contributed by atoms with Crippen LogP contribution in [0.3, 0.4) is 0 Å². The van der Waals surface area contributed by atoms with Gasteiger partial charge in [-0.05, 0) is 55.0 Å². The summed E-state index contributed by atoms with van der Waals surface area (Å²) in [6.07, 6.45) is 2.82. The highest BCUT2D eigenvalue weighted by Crippen LogP contribution is 2.32. The zero-order valence-electron chi connectivity index (χ0n) is 16.5. The number of aliphatic carboxylic acids is 1. The van der Waals surface area contributed by atoms with Crippen LogP contribution in [-0.4, -0.2) is 33.4 Å². The van der Waals surface area contributed by atoms with E-state index < -0.39 is 23.7 Å². The van der Waals surface area contributed by atoms with Crippen molar-refractivity contribution in [2.24, 2.45) is 0 Å². The highest BCUT2D eigenvalue weighted by Gasteiger charge is 2.29. The van der Waals surface area contributed by atoms with Crippen LogP contribution >= 0.6 is 0 Å². The summed E-state index contributed by atoms with van der Waals surface area (Å²) < 4.78 is 20.2. The molecule has 4 rings (SSSR count). The highest BCUT2D eigenvalue weighted by molar-refractivity contribution is 6.08. The topological polar surface area (TPSA) is 105 Å². The molecule has 8 nitrogen and oxygen atoms in total. The number of aromatic nitrogens is 2. The lowest BCUT2D eigenvalue weighted by Crippen LogP contribution is -2.25. The second-order valence-corrected chi connectivity index (χ2v) is 6.77. The summed E-state index contributed by atoms with van der Waals surface area (Å²) in [6, 6.07) is 11.9. The molecule has 0 spiro atoms. The van der Waals surface area contributed by atoms with Crippen LogP contribution in [0.5, 0.6) is 5.75 Å². The van der Waals surface area contributed by atoms with Gasteiger partial charge in [-0.15, -0.1) is 0 Å². The minimum atomic E-state index is -1.18. The first kappa shape index (κ1) is 20.1. The monoisotopic (exact) mass is 422 g/mol. The first-order valence-electron chi connectivity index (χ1n) is 9.55. The predicted octanol–water partition coefficient (Wildman–Crippen LogP) is 3.66. The van der Waals surface area contributed by atoms with Crippen molar-refractivity contribution in [1.29, 1.82) is 0 Å².